The highest BCUT2D eigenvalue weighted by atomic mass is 32.1. The molecule has 0 N–H and O–H groups in total. The monoisotopic (exact) mass is 504 g/mol. The number of alkyl halides is 3. The zero-order valence-electron chi connectivity index (χ0n) is 18.2. The van der Waals surface area contributed by atoms with E-state index >= 15 is 0 Å². The molecule has 5 rings (SSSR count). The van der Waals surface area contributed by atoms with E-state index in [1.165, 1.54) is 11.3 Å². The zero-order valence-corrected chi connectivity index (χ0v) is 19.0. The molecule has 1 aliphatic heterocycles. The summed E-state index contributed by atoms with van der Waals surface area (Å²) in [5.41, 5.74) is 0.839. The topological polar surface area (TPSA) is 106 Å². The first kappa shape index (κ1) is 23.3. The second-order valence-corrected chi connectivity index (χ2v) is 8.78. The Hall–Kier alpha value is -3.49. The van der Waals surface area contributed by atoms with E-state index in [4.69, 9.17) is 4.74 Å². The van der Waals surface area contributed by atoms with Gasteiger partial charge in [0.1, 0.15) is 0 Å². The fourth-order valence-electron chi connectivity index (χ4n) is 3.46. The van der Waals surface area contributed by atoms with E-state index in [1.807, 2.05) is 17.0 Å². The molecule has 1 saturated heterocycles. The average molecular weight is 504 g/mol. The number of hydrogen-bond acceptors (Lipinski definition) is 11. The molecule has 4 aromatic heterocycles. The minimum Gasteiger partial charge on any atom is -0.379 e. The van der Waals surface area contributed by atoms with Gasteiger partial charge in [-0.15, -0.1) is 16.4 Å². The van der Waals surface area contributed by atoms with Gasteiger partial charge in [-0.3, -0.25) is 9.88 Å². The largest absolute Gasteiger partial charge is 0.471 e. The quantitative estimate of drug-likeness (QED) is 0.371. The Labute approximate surface area is 201 Å². The van der Waals surface area contributed by atoms with Gasteiger partial charge in [0, 0.05) is 36.9 Å². The first-order valence-corrected chi connectivity index (χ1v) is 11.4. The van der Waals surface area contributed by atoms with E-state index < -0.39 is 12.1 Å². The highest BCUT2D eigenvalue weighted by Crippen LogP contribution is 2.33. The number of thiophene rings is 1. The molecule has 0 bridgehead atoms. The number of hydrogen-bond donors (Lipinski definition) is 0. The van der Waals surface area contributed by atoms with Crippen LogP contribution in [-0.2, 0) is 24.0 Å². The van der Waals surface area contributed by atoms with Gasteiger partial charge < -0.3 is 14.2 Å². The van der Waals surface area contributed by atoms with E-state index in [9.17, 15) is 13.2 Å². The number of aromatic nitrogens is 6. The normalized spacial score (nSPS) is 14.8. The molecular weight excluding hydrogens is 485 g/mol. The van der Waals surface area contributed by atoms with E-state index in [0.29, 0.717) is 42.8 Å². The molecule has 0 radical (unpaired) electrons. The van der Waals surface area contributed by atoms with Crippen molar-refractivity contribution in [2.75, 3.05) is 31.2 Å². The van der Waals surface area contributed by atoms with E-state index in [-0.39, 0.29) is 5.82 Å². The van der Waals surface area contributed by atoms with Crippen molar-refractivity contribution in [1.82, 2.24) is 35.2 Å². The molecule has 35 heavy (non-hydrogen) atoms. The summed E-state index contributed by atoms with van der Waals surface area (Å²) in [6.07, 6.45) is 0.0459. The lowest BCUT2D eigenvalue weighted by molar-refractivity contribution is -0.159. The molecule has 0 aliphatic carbocycles. The molecule has 0 aromatic carbocycles. The maximum Gasteiger partial charge on any atom is 0.471 e. The summed E-state index contributed by atoms with van der Waals surface area (Å²) in [5.74, 6) is -0.385. The summed E-state index contributed by atoms with van der Waals surface area (Å²) in [6, 6.07) is 7.21. The lowest BCUT2D eigenvalue weighted by atomic mass is 10.3. The summed E-state index contributed by atoms with van der Waals surface area (Å²) < 4.78 is 48.1. The number of morpholine rings is 1. The van der Waals surface area contributed by atoms with Gasteiger partial charge in [0.05, 0.1) is 36.5 Å². The van der Waals surface area contributed by atoms with Crippen molar-refractivity contribution < 1.29 is 22.4 Å². The molecule has 182 valence electrons. The number of halogens is 3. The summed E-state index contributed by atoms with van der Waals surface area (Å²) in [4.78, 5) is 17.3. The first-order chi connectivity index (χ1) is 17.0. The average Bonchev–Trinajstić information content (AvgIpc) is 3.54. The van der Waals surface area contributed by atoms with Crippen LogP contribution in [-0.4, -0.2) is 61.5 Å². The molecule has 10 nitrogen and oxygen atoms in total. The smallest absolute Gasteiger partial charge is 0.379 e. The van der Waals surface area contributed by atoms with E-state index in [0.717, 1.165) is 23.7 Å². The maximum atomic E-state index is 12.8. The molecule has 1 fully saturated rings. The van der Waals surface area contributed by atoms with Gasteiger partial charge in [0.15, 0.2) is 11.6 Å². The van der Waals surface area contributed by atoms with Gasteiger partial charge in [0.2, 0.25) is 5.82 Å². The predicted molar refractivity (Wildman–Crippen MR) is 119 cm³/mol. The Morgan fingerprint density at radius 2 is 1.89 bits per heavy atom. The van der Waals surface area contributed by atoms with Crippen LogP contribution in [0.4, 0.5) is 24.8 Å². The van der Waals surface area contributed by atoms with Crippen LogP contribution >= 0.6 is 11.3 Å². The van der Waals surface area contributed by atoms with Gasteiger partial charge in [-0.2, -0.15) is 23.3 Å². The first-order valence-electron chi connectivity index (χ1n) is 10.6. The fourth-order valence-corrected chi connectivity index (χ4v) is 4.38. The summed E-state index contributed by atoms with van der Waals surface area (Å²) in [7, 11) is 0. The zero-order chi connectivity index (χ0) is 24.3. The number of nitrogens with zero attached hydrogens (tertiary/aromatic N) is 8. The van der Waals surface area contributed by atoms with Crippen molar-refractivity contribution in [2.24, 2.45) is 0 Å². The molecule has 4 aromatic rings. The molecule has 14 heteroatoms. The molecule has 0 atom stereocenters. The van der Waals surface area contributed by atoms with Crippen LogP contribution in [0.2, 0.25) is 0 Å². The minimum absolute atomic E-state index is 0.119. The molecular formula is C21H19F3N8O2S. The van der Waals surface area contributed by atoms with E-state index in [1.54, 1.807) is 30.7 Å². The van der Waals surface area contributed by atoms with Crippen LogP contribution in [0.15, 0.2) is 47.4 Å². The van der Waals surface area contributed by atoms with Crippen molar-refractivity contribution in [3.8, 4) is 10.7 Å². The third kappa shape index (κ3) is 5.61. The third-order valence-electron chi connectivity index (χ3n) is 5.16. The molecule has 0 amide bonds. The Bertz CT molecular complexity index is 1240. The van der Waals surface area contributed by atoms with Crippen molar-refractivity contribution in [1.29, 1.82) is 0 Å². The number of rotatable bonds is 7. The predicted octanol–water partition coefficient (Wildman–Crippen LogP) is 3.57. The van der Waals surface area contributed by atoms with E-state index in [2.05, 4.69) is 39.7 Å². The number of ether oxygens (including phenoxy) is 1. The van der Waals surface area contributed by atoms with Gasteiger partial charge in [0.25, 0.3) is 0 Å². The van der Waals surface area contributed by atoms with Crippen LogP contribution in [0.1, 0.15) is 16.5 Å². The Morgan fingerprint density at radius 1 is 1.03 bits per heavy atom. The fraction of sp³-hybridized carbons (Fsp3) is 0.333. The van der Waals surface area contributed by atoms with Crippen LogP contribution in [0.5, 0.6) is 0 Å². The Balaban J connectivity index is 1.35. The van der Waals surface area contributed by atoms with Gasteiger partial charge in [-0.1, -0.05) is 5.16 Å². The van der Waals surface area contributed by atoms with Crippen LogP contribution < -0.4 is 4.90 Å². The Kier molecular flexibility index (Phi) is 6.66. The SMILES string of the molecule is FC(F)(F)c1nc(-c2ccc(CN(c3cnccn3)c3ccc(CN4CCOCC4)nn3)s2)no1. The van der Waals surface area contributed by atoms with Crippen molar-refractivity contribution in [3.05, 3.63) is 59.3 Å². The van der Waals surface area contributed by atoms with Gasteiger partial charge >= 0.3 is 12.1 Å². The molecule has 0 spiro atoms. The molecule has 1 aliphatic rings. The molecule has 5 heterocycles. The summed E-state index contributed by atoms with van der Waals surface area (Å²) in [6.45, 7) is 4.12. The van der Waals surface area contributed by atoms with Crippen molar-refractivity contribution in [2.45, 2.75) is 19.3 Å². The third-order valence-corrected chi connectivity index (χ3v) is 6.23. The lowest BCUT2D eigenvalue weighted by Crippen LogP contribution is -2.35. The lowest BCUT2D eigenvalue weighted by Gasteiger charge is -2.26. The van der Waals surface area contributed by atoms with Gasteiger partial charge in [-0.25, -0.2) is 4.98 Å². The Morgan fingerprint density at radius 3 is 2.57 bits per heavy atom. The second-order valence-electron chi connectivity index (χ2n) is 7.61. The van der Waals surface area contributed by atoms with Crippen LogP contribution in [0, 0.1) is 0 Å². The maximum absolute atomic E-state index is 12.8. The van der Waals surface area contributed by atoms with Crippen molar-refractivity contribution >= 4 is 23.0 Å². The standard InChI is InChI=1S/C21H19F3N8O2S/c22-21(23,24)20-27-19(30-34-20)16-3-2-15(35-16)13-32(18-11-25-5-6-26-18)17-4-1-14(28-29-17)12-31-7-9-33-10-8-31/h1-6,11H,7-10,12-13H2. The summed E-state index contributed by atoms with van der Waals surface area (Å²) >= 11 is 1.25. The second kappa shape index (κ2) is 10.0. The molecule has 0 unspecified atom stereocenters. The van der Waals surface area contributed by atoms with Gasteiger partial charge in [-0.05, 0) is 24.3 Å². The molecule has 0 saturated carbocycles. The van der Waals surface area contributed by atoms with Crippen LogP contribution in [0.3, 0.4) is 0 Å². The minimum atomic E-state index is -4.69. The van der Waals surface area contributed by atoms with Crippen LogP contribution in [0.25, 0.3) is 10.7 Å². The number of anilines is 2. The highest BCUT2D eigenvalue weighted by molar-refractivity contribution is 7.15. The highest BCUT2D eigenvalue weighted by Gasteiger charge is 2.38. The van der Waals surface area contributed by atoms with Crippen molar-refractivity contribution in [3.63, 3.8) is 0 Å². The summed E-state index contributed by atoms with van der Waals surface area (Å²) in [5, 5.41) is 12.2.